The third-order valence-electron chi connectivity index (χ3n) is 3.02. The zero-order chi connectivity index (χ0) is 12.5. The van der Waals surface area contributed by atoms with Gasteiger partial charge in [-0.3, -0.25) is 4.79 Å². The largest absolute Gasteiger partial charge is 0.475 e. The molecule has 2 rings (SSSR count). The van der Waals surface area contributed by atoms with E-state index in [0.717, 1.165) is 12.8 Å². The van der Waals surface area contributed by atoms with Crippen molar-refractivity contribution < 1.29 is 19.1 Å². The van der Waals surface area contributed by atoms with Crippen LogP contribution < -0.4 is 11.1 Å². The Labute approximate surface area is 97.8 Å². The molecule has 0 aromatic carbocycles. The zero-order valence-corrected chi connectivity index (χ0v) is 9.23. The Morgan fingerprint density at radius 2 is 2.18 bits per heavy atom. The minimum atomic E-state index is -1.12. The van der Waals surface area contributed by atoms with Gasteiger partial charge < -0.3 is 20.6 Å². The van der Waals surface area contributed by atoms with Gasteiger partial charge in [0.2, 0.25) is 11.7 Å². The van der Waals surface area contributed by atoms with E-state index in [1.165, 1.54) is 12.1 Å². The highest BCUT2D eigenvalue weighted by molar-refractivity contribution is 5.85. The summed E-state index contributed by atoms with van der Waals surface area (Å²) < 4.78 is 5.02. The van der Waals surface area contributed by atoms with Gasteiger partial charge in [-0.05, 0) is 25.0 Å². The molecule has 0 atom stereocenters. The van der Waals surface area contributed by atoms with Crippen molar-refractivity contribution in [3.05, 3.63) is 23.7 Å². The third-order valence-corrected chi connectivity index (χ3v) is 3.02. The highest BCUT2D eigenvalue weighted by atomic mass is 16.4. The molecular formula is C11H14N2O4. The van der Waals surface area contributed by atoms with E-state index in [4.69, 9.17) is 15.3 Å². The Hall–Kier alpha value is -1.82. The normalized spacial score (nSPS) is 16.5. The first-order valence-electron chi connectivity index (χ1n) is 5.38. The number of hydrogen-bond donors (Lipinski definition) is 3. The molecule has 17 heavy (non-hydrogen) atoms. The van der Waals surface area contributed by atoms with E-state index in [2.05, 4.69) is 5.32 Å². The number of rotatable bonds is 5. The molecule has 0 saturated heterocycles. The Morgan fingerprint density at radius 1 is 1.47 bits per heavy atom. The van der Waals surface area contributed by atoms with E-state index in [1.807, 2.05) is 0 Å². The SMILES string of the molecule is NCC1(C(=O)NCc2ccc(C(=O)O)o2)CC1. The van der Waals surface area contributed by atoms with Crippen molar-refractivity contribution in [1.29, 1.82) is 0 Å². The van der Waals surface area contributed by atoms with Crippen LogP contribution in [0.1, 0.15) is 29.2 Å². The summed E-state index contributed by atoms with van der Waals surface area (Å²) in [4.78, 5) is 22.3. The predicted octanol–water partition coefficient (Wildman–Crippen LogP) is 0.333. The highest BCUT2D eigenvalue weighted by Crippen LogP contribution is 2.44. The number of nitrogens with one attached hydrogen (secondary N) is 1. The fourth-order valence-corrected chi connectivity index (χ4v) is 1.62. The van der Waals surface area contributed by atoms with E-state index >= 15 is 0 Å². The third kappa shape index (κ3) is 2.31. The smallest absolute Gasteiger partial charge is 0.371 e. The fraction of sp³-hybridized carbons (Fsp3) is 0.455. The average Bonchev–Trinajstić information content (AvgIpc) is 2.97. The molecule has 1 fully saturated rings. The maximum atomic E-state index is 11.7. The van der Waals surface area contributed by atoms with Gasteiger partial charge >= 0.3 is 5.97 Å². The van der Waals surface area contributed by atoms with Crippen molar-refractivity contribution in [3.63, 3.8) is 0 Å². The molecule has 1 amide bonds. The first-order valence-corrected chi connectivity index (χ1v) is 5.38. The lowest BCUT2D eigenvalue weighted by atomic mass is 10.1. The summed E-state index contributed by atoms with van der Waals surface area (Å²) >= 11 is 0. The Balaban J connectivity index is 1.89. The van der Waals surface area contributed by atoms with E-state index in [-0.39, 0.29) is 18.2 Å². The second-order valence-electron chi connectivity index (χ2n) is 4.24. The monoisotopic (exact) mass is 238 g/mol. The molecule has 1 heterocycles. The maximum Gasteiger partial charge on any atom is 0.371 e. The number of nitrogens with two attached hydrogens (primary N) is 1. The van der Waals surface area contributed by atoms with Crippen molar-refractivity contribution in [1.82, 2.24) is 5.32 Å². The van der Waals surface area contributed by atoms with Crippen LogP contribution in [0.3, 0.4) is 0 Å². The van der Waals surface area contributed by atoms with Gasteiger partial charge in [-0.15, -0.1) is 0 Å². The highest BCUT2D eigenvalue weighted by Gasteiger charge is 2.48. The van der Waals surface area contributed by atoms with Crippen molar-refractivity contribution in [2.75, 3.05) is 6.54 Å². The number of carbonyl (C=O) groups is 2. The average molecular weight is 238 g/mol. The second-order valence-corrected chi connectivity index (χ2v) is 4.24. The number of aromatic carboxylic acids is 1. The minimum Gasteiger partial charge on any atom is -0.475 e. The molecule has 1 aliphatic rings. The zero-order valence-electron chi connectivity index (χ0n) is 9.23. The molecule has 1 aromatic heterocycles. The van der Waals surface area contributed by atoms with Crippen LogP contribution in [0.4, 0.5) is 0 Å². The van der Waals surface area contributed by atoms with Crippen molar-refractivity contribution in [2.24, 2.45) is 11.1 Å². The lowest BCUT2D eigenvalue weighted by molar-refractivity contribution is -0.126. The van der Waals surface area contributed by atoms with Gasteiger partial charge in [-0.25, -0.2) is 4.79 Å². The van der Waals surface area contributed by atoms with Crippen LogP contribution in [0.2, 0.25) is 0 Å². The minimum absolute atomic E-state index is 0.0896. The van der Waals surface area contributed by atoms with Crippen molar-refractivity contribution in [2.45, 2.75) is 19.4 Å². The van der Waals surface area contributed by atoms with Crippen LogP contribution in [-0.2, 0) is 11.3 Å². The van der Waals surface area contributed by atoms with Crippen LogP contribution in [0, 0.1) is 5.41 Å². The Morgan fingerprint density at radius 3 is 2.65 bits per heavy atom. The van der Waals surface area contributed by atoms with Gasteiger partial charge in [-0.1, -0.05) is 0 Å². The second kappa shape index (κ2) is 4.21. The number of carboxylic acids is 1. The number of carboxylic acid groups (broad SMARTS) is 1. The molecule has 92 valence electrons. The van der Waals surface area contributed by atoms with Gasteiger partial charge in [0.15, 0.2) is 0 Å². The summed E-state index contributed by atoms with van der Waals surface area (Å²) in [6.07, 6.45) is 1.63. The van der Waals surface area contributed by atoms with Gasteiger partial charge in [0.05, 0.1) is 12.0 Å². The predicted molar refractivity (Wildman–Crippen MR) is 58.2 cm³/mol. The Bertz CT molecular complexity index is 448. The standard InChI is InChI=1S/C11H14N2O4/c12-6-11(3-4-11)10(16)13-5-7-1-2-8(17-7)9(14)15/h1-2H,3-6,12H2,(H,13,16)(H,14,15). The molecule has 0 aliphatic heterocycles. The summed E-state index contributed by atoms with van der Waals surface area (Å²) in [7, 11) is 0. The summed E-state index contributed by atoms with van der Waals surface area (Å²) in [5.41, 5.74) is 5.12. The molecule has 0 radical (unpaired) electrons. The molecule has 6 nitrogen and oxygen atoms in total. The first kappa shape index (κ1) is 11.7. The van der Waals surface area contributed by atoms with Crippen LogP contribution in [0.5, 0.6) is 0 Å². The molecule has 1 aliphatic carbocycles. The van der Waals surface area contributed by atoms with Gasteiger partial charge in [0.25, 0.3) is 0 Å². The van der Waals surface area contributed by atoms with E-state index in [0.29, 0.717) is 12.3 Å². The maximum absolute atomic E-state index is 11.7. The van der Waals surface area contributed by atoms with Crippen molar-refractivity contribution >= 4 is 11.9 Å². The molecule has 6 heteroatoms. The van der Waals surface area contributed by atoms with Gasteiger partial charge in [0.1, 0.15) is 5.76 Å². The fourth-order valence-electron chi connectivity index (χ4n) is 1.62. The summed E-state index contributed by atoms with van der Waals surface area (Å²) in [6.45, 7) is 0.533. The Kier molecular flexibility index (Phi) is 2.89. The van der Waals surface area contributed by atoms with E-state index in [9.17, 15) is 9.59 Å². The number of amides is 1. The molecule has 1 aromatic rings. The summed E-state index contributed by atoms with van der Waals surface area (Å²) in [6, 6.07) is 2.89. The number of hydrogen-bond acceptors (Lipinski definition) is 4. The number of carbonyl (C=O) groups excluding carboxylic acids is 1. The topological polar surface area (TPSA) is 106 Å². The molecule has 0 unspecified atom stereocenters. The van der Waals surface area contributed by atoms with Crippen molar-refractivity contribution in [3.8, 4) is 0 Å². The van der Waals surface area contributed by atoms with Crippen LogP contribution in [-0.4, -0.2) is 23.5 Å². The quantitative estimate of drug-likeness (QED) is 0.685. The van der Waals surface area contributed by atoms with Crippen LogP contribution >= 0.6 is 0 Å². The van der Waals surface area contributed by atoms with E-state index < -0.39 is 11.4 Å². The van der Waals surface area contributed by atoms with Crippen LogP contribution in [0.25, 0.3) is 0 Å². The summed E-state index contributed by atoms with van der Waals surface area (Å²) in [5.74, 6) is -0.922. The van der Waals surface area contributed by atoms with Gasteiger partial charge in [0, 0.05) is 6.54 Å². The van der Waals surface area contributed by atoms with Crippen LogP contribution in [0.15, 0.2) is 16.5 Å². The summed E-state index contributed by atoms with van der Waals surface area (Å²) in [5, 5.41) is 11.4. The molecule has 1 saturated carbocycles. The van der Waals surface area contributed by atoms with Gasteiger partial charge in [-0.2, -0.15) is 0 Å². The molecule has 4 N–H and O–H groups in total. The van der Waals surface area contributed by atoms with E-state index in [1.54, 1.807) is 0 Å². The first-order chi connectivity index (χ1) is 8.07. The number of furan rings is 1. The lowest BCUT2D eigenvalue weighted by Gasteiger charge is -2.11. The lowest BCUT2D eigenvalue weighted by Crippen LogP contribution is -2.36. The molecular weight excluding hydrogens is 224 g/mol. The molecule has 0 spiro atoms. The molecule has 0 bridgehead atoms.